The van der Waals surface area contributed by atoms with Gasteiger partial charge in [0.25, 0.3) is 0 Å². The Hall–Kier alpha value is -3.09. The Morgan fingerprint density at radius 3 is 2.56 bits per heavy atom. The highest BCUT2D eigenvalue weighted by molar-refractivity contribution is 6.00. The number of benzene rings is 1. The average Bonchev–Trinajstić information content (AvgIpc) is 3.16. The number of amides is 1. The van der Waals surface area contributed by atoms with Crippen molar-refractivity contribution < 1.29 is 23.5 Å². The molecule has 1 aromatic carbocycles. The first kappa shape index (κ1) is 20.8. The Morgan fingerprint density at radius 2 is 1.78 bits per heavy atom. The first-order chi connectivity index (χ1) is 15.4. The summed E-state index contributed by atoms with van der Waals surface area (Å²) in [6.45, 7) is 4.14. The zero-order valence-corrected chi connectivity index (χ0v) is 18.5. The van der Waals surface area contributed by atoms with Crippen LogP contribution < -0.4 is 5.63 Å². The van der Waals surface area contributed by atoms with Crippen LogP contribution in [0, 0.1) is 13.8 Å². The van der Waals surface area contributed by atoms with Gasteiger partial charge < -0.3 is 18.8 Å². The number of aryl methyl sites for hydroxylation is 4. The fourth-order valence-electron chi connectivity index (χ4n) is 5.36. The van der Waals surface area contributed by atoms with Crippen LogP contribution in [0.15, 0.2) is 19.7 Å². The Kier molecular flexibility index (Phi) is 5.07. The van der Waals surface area contributed by atoms with E-state index in [4.69, 9.17) is 8.83 Å². The van der Waals surface area contributed by atoms with E-state index in [1.807, 2.05) is 19.9 Å². The lowest BCUT2D eigenvalue weighted by Crippen LogP contribution is -2.48. The van der Waals surface area contributed by atoms with Gasteiger partial charge >= 0.3 is 11.6 Å². The number of carbonyl (C=O) groups is 2. The molecule has 2 aromatic heterocycles. The molecule has 0 spiro atoms. The Labute approximate surface area is 185 Å². The summed E-state index contributed by atoms with van der Waals surface area (Å²) in [5.41, 5.74) is 3.75. The number of carboxylic acid groups (broad SMARTS) is 1. The van der Waals surface area contributed by atoms with E-state index in [0.29, 0.717) is 29.7 Å². The van der Waals surface area contributed by atoms with Crippen LogP contribution in [0.1, 0.15) is 60.1 Å². The van der Waals surface area contributed by atoms with Gasteiger partial charge in [-0.1, -0.05) is 0 Å². The van der Waals surface area contributed by atoms with E-state index in [2.05, 4.69) is 0 Å². The number of likely N-dealkylation sites (tertiary alicyclic amines) is 1. The van der Waals surface area contributed by atoms with Gasteiger partial charge in [-0.2, -0.15) is 0 Å². The van der Waals surface area contributed by atoms with E-state index >= 15 is 0 Å². The van der Waals surface area contributed by atoms with Crippen LogP contribution in [-0.4, -0.2) is 34.5 Å². The third-order valence-corrected chi connectivity index (χ3v) is 7.16. The number of aliphatic carboxylic acids is 1. The maximum atomic E-state index is 13.0. The topological polar surface area (TPSA) is 101 Å². The predicted molar refractivity (Wildman–Crippen MR) is 119 cm³/mol. The van der Waals surface area contributed by atoms with Crippen LogP contribution in [-0.2, 0) is 28.9 Å². The molecule has 1 saturated heterocycles. The van der Waals surface area contributed by atoms with Gasteiger partial charge in [-0.3, -0.25) is 4.79 Å². The summed E-state index contributed by atoms with van der Waals surface area (Å²) < 4.78 is 11.8. The smallest absolute Gasteiger partial charge is 0.340 e. The maximum Gasteiger partial charge on any atom is 0.340 e. The van der Waals surface area contributed by atoms with Crippen molar-refractivity contribution in [3.8, 4) is 0 Å². The van der Waals surface area contributed by atoms with Crippen LogP contribution in [0.25, 0.3) is 21.9 Å². The van der Waals surface area contributed by atoms with Crippen molar-refractivity contribution in [2.24, 2.45) is 0 Å². The number of nitrogens with zero attached hydrogens (tertiary/aromatic N) is 1. The number of carbonyl (C=O) groups excluding carboxylic acids is 1. The number of furan rings is 1. The Balaban J connectivity index is 1.59. The fourth-order valence-corrected chi connectivity index (χ4v) is 5.36. The lowest BCUT2D eigenvalue weighted by molar-refractivity contribution is -0.151. The number of piperidine rings is 1. The van der Waals surface area contributed by atoms with Crippen LogP contribution in [0.4, 0.5) is 0 Å². The van der Waals surface area contributed by atoms with Crippen molar-refractivity contribution in [1.82, 2.24) is 4.90 Å². The third-order valence-electron chi connectivity index (χ3n) is 7.16. The van der Waals surface area contributed by atoms with E-state index in [1.165, 1.54) is 10.5 Å². The molecule has 1 N–H and O–H groups in total. The second-order valence-corrected chi connectivity index (χ2v) is 9.07. The largest absolute Gasteiger partial charge is 0.480 e. The molecular weight excluding hydrogens is 410 g/mol. The standard InChI is InChI=1S/C25H27NO6/c1-13-16-11-18-15-7-3-4-9-20(15)31-23(18)14(2)22(16)32-25(30)17(13)12-21(27)26-10-6-5-8-19(26)24(28)29/h11,19H,3-10,12H2,1-2H3,(H,28,29). The second kappa shape index (κ2) is 7.80. The normalized spacial score (nSPS) is 18.8. The molecular formula is C25H27NO6. The molecule has 1 atom stereocenters. The lowest BCUT2D eigenvalue weighted by atomic mass is 9.93. The van der Waals surface area contributed by atoms with Crippen LogP contribution in [0.3, 0.4) is 0 Å². The van der Waals surface area contributed by atoms with E-state index in [0.717, 1.165) is 66.2 Å². The van der Waals surface area contributed by atoms with Gasteiger partial charge in [-0.15, -0.1) is 0 Å². The average molecular weight is 437 g/mol. The Morgan fingerprint density at radius 1 is 1.03 bits per heavy atom. The molecule has 0 radical (unpaired) electrons. The monoisotopic (exact) mass is 437 g/mol. The minimum absolute atomic E-state index is 0.158. The lowest BCUT2D eigenvalue weighted by Gasteiger charge is -2.33. The van der Waals surface area contributed by atoms with Gasteiger partial charge in [-0.25, -0.2) is 9.59 Å². The van der Waals surface area contributed by atoms with Crippen molar-refractivity contribution in [3.05, 3.63) is 44.5 Å². The number of carboxylic acids is 1. The predicted octanol–water partition coefficient (Wildman–Crippen LogP) is 4.04. The molecule has 1 fully saturated rings. The molecule has 3 heterocycles. The van der Waals surface area contributed by atoms with Crippen molar-refractivity contribution in [2.45, 2.75) is 71.3 Å². The third kappa shape index (κ3) is 3.22. The summed E-state index contributed by atoms with van der Waals surface area (Å²) in [7, 11) is 0. The molecule has 1 aliphatic heterocycles. The maximum absolute atomic E-state index is 13.0. The van der Waals surface area contributed by atoms with Gasteiger partial charge in [0, 0.05) is 34.9 Å². The molecule has 1 unspecified atom stereocenters. The van der Waals surface area contributed by atoms with Crippen molar-refractivity contribution in [3.63, 3.8) is 0 Å². The molecule has 32 heavy (non-hydrogen) atoms. The minimum atomic E-state index is -0.997. The first-order valence-electron chi connectivity index (χ1n) is 11.4. The summed E-state index contributed by atoms with van der Waals surface area (Å²) in [4.78, 5) is 38.9. The molecule has 168 valence electrons. The molecule has 0 saturated carbocycles. The highest BCUT2D eigenvalue weighted by Gasteiger charge is 2.33. The second-order valence-electron chi connectivity index (χ2n) is 9.07. The molecule has 7 nitrogen and oxygen atoms in total. The minimum Gasteiger partial charge on any atom is -0.480 e. The molecule has 3 aromatic rings. The quantitative estimate of drug-likeness (QED) is 0.621. The van der Waals surface area contributed by atoms with Gasteiger partial charge in [0.1, 0.15) is 23.0 Å². The molecule has 5 rings (SSSR count). The number of fused-ring (bicyclic) bond motifs is 4. The van der Waals surface area contributed by atoms with Crippen molar-refractivity contribution in [2.75, 3.05) is 6.54 Å². The summed E-state index contributed by atoms with van der Waals surface area (Å²) >= 11 is 0. The summed E-state index contributed by atoms with van der Waals surface area (Å²) in [6, 6.07) is 1.20. The highest BCUT2D eigenvalue weighted by atomic mass is 16.4. The molecule has 0 bridgehead atoms. The first-order valence-corrected chi connectivity index (χ1v) is 11.4. The number of rotatable bonds is 3. The van der Waals surface area contributed by atoms with Crippen LogP contribution in [0.5, 0.6) is 0 Å². The molecule has 1 aliphatic carbocycles. The van der Waals surface area contributed by atoms with E-state index in [9.17, 15) is 19.5 Å². The fraction of sp³-hybridized carbons (Fsp3) is 0.480. The van der Waals surface area contributed by atoms with Gasteiger partial charge in [0.15, 0.2) is 0 Å². The summed E-state index contributed by atoms with van der Waals surface area (Å²) in [5, 5.41) is 11.4. The van der Waals surface area contributed by atoms with Crippen molar-refractivity contribution in [1.29, 1.82) is 0 Å². The zero-order valence-electron chi connectivity index (χ0n) is 18.5. The van der Waals surface area contributed by atoms with E-state index < -0.39 is 17.6 Å². The van der Waals surface area contributed by atoms with Crippen LogP contribution >= 0.6 is 0 Å². The molecule has 1 amide bonds. The van der Waals surface area contributed by atoms with Gasteiger partial charge in [-0.05, 0) is 64.0 Å². The van der Waals surface area contributed by atoms with Crippen LogP contribution in [0.2, 0.25) is 0 Å². The number of hydrogen-bond donors (Lipinski definition) is 1. The summed E-state index contributed by atoms with van der Waals surface area (Å²) in [5.74, 6) is -0.321. The Bertz CT molecular complexity index is 1310. The molecule has 2 aliphatic rings. The van der Waals surface area contributed by atoms with E-state index in [-0.39, 0.29) is 12.3 Å². The molecule has 7 heteroatoms. The van der Waals surface area contributed by atoms with Gasteiger partial charge in [0.2, 0.25) is 5.91 Å². The van der Waals surface area contributed by atoms with Crippen molar-refractivity contribution >= 4 is 33.8 Å². The zero-order chi connectivity index (χ0) is 22.6. The highest BCUT2D eigenvalue weighted by Crippen LogP contribution is 2.38. The summed E-state index contributed by atoms with van der Waals surface area (Å²) in [6.07, 6.45) is 5.96. The van der Waals surface area contributed by atoms with Gasteiger partial charge in [0.05, 0.1) is 12.0 Å². The van der Waals surface area contributed by atoms with E-state index in [1.54, 1.807) is 0 Å². The number of hydrogen-bond acceptors (Lipinski definition) is 5. The SMILES string of the molecule is Cc1c(CC(=O)N2CCCCC2C(=O)O)c(=O)oc2c(C)c3oc4c(c3cc12)CCCC4.